The first-order chi connectivity index (χ1) is 13.0. The minimum Gasteiger partial charge on any atom is -0.349 e. The Hall–Kier alpha value is -2.12. The molecule has 5 nitrogen and oxygen atoms in total. The molecule has 0 aliphatic heterocycles. The lowest BCUT2D eigenvalue weighted by molar-refractivity contribution is -0.119. The number of fused-ring (bicyclic) bond motifs is 1. The number of nitrogens with one attached hydrogen (secondary N) is 1. The Morgan fingerprint density at radius 2 is 1.93 bits per heavy atom. The molecule has 0 fully saturated rings. The summed E-state index contributed by atoms with van der Waals surface area (Å²) >= 11 is 4.69. The van der Waals surface area contributed by atoms with E-state index in [4.69, 9.17) is 0 Å². The molecule has 1 atom stereocenters. The Morgan fingerprint density at radius 3 is 2.63 bits per heavy atom. The van der Waals surface area contributed by atoms with E-state index in [2.05, 4.69) is 26.2 Å². The van der Waals surface area contributed by atoms with Crippen molar-refractivity contribution in [3.63, 3.8) is 0 Å². The third kappa shape index (κ3) is 4.59. The molecule has 1 N–H and O–H groups in total. The summed E-state index contributed by atoms with van der Waals surface area (Å²) in [5, 5.41) is 4.14. The monoisotopic (exact) mass is 445 g/mol. The molecule has 140 valence electrons. The molecule has 1 amide bonds. The Bertz CT molecular complexity index is 1020. The molecule has 0 bridgehead atoms. The fourth-order valence-corrected chi connectivity index (χ4v) is 3.92. The van der Waals surface area contributed by atoms with Gasteiger partial charge in [-0.05, 0) is 43.7 Å². The van der Waals surface area contributed by atoms with Crippen molar-refractivity contribution in [3.05, 3.63) is 68.9 Å². The number of rotatable bonds is 6. The predicted octanol–water partition coefficient (Wildman–Crippen LogP) is 4.15. The van der Waals surface area contributed by atoms with Gasteiger partial charge in [-0.1, -0.05) is 52.0 Å². The topological polar surface area (TPSA) is 64.0 Å². The van der Waals surface area contributed by atoms with Gasteiger partial charge in [-0.25, -0.2) is 4.98 Å². The van der Waals surface area contributed by atoms with Gasteiger partial charge in [0.1, 0.15) is 0 Å². The van der Waals surface area contributed by atoms with Gasteiger partial charge in [-0.3, -0.25) is 14.2 Å². The van der Waals surface area contributed by atoms with Crippen LogP contribution in [0, 0.1) is 0 Å². The highest BCUT2D eigenvalue weighted by Gasteiger charge is 2.14. The highest BCUT2D eigenvalue weighted by molar-refractivity contribution is 9.10. The average molecular weight is 446 g/mol. The molecule has 27 heavy (non-hydrogen) atoms. The number of halogens is 1. The summed E-state index contributed by atoms with van der Waals surface area (Å²) in [6, 6.07) is 15.0. The second-order valence-electron chi connectivity index (χ2n) is 6.09. The second kappa shape index (κ2) is 8.71. The van der Waals surface area contributed by atoms with Gasteiger partial charge >= 0.3 is 0 Å². The molecule has 3 aromatic rings. The van der Waals surface area contributed by atoms with Crippen LogP contribution in [0.3, 0.4) is 0 Å². The van der Waals surface area contributed by atoms with E-state index in [1.165, 1.54) is 11.8 Å². The number of benzene rings is 2. The van der Waals surface area contributed by atoms with Gasteiger partial charge < -0.3 is 5.32 Å². The lowest BCUT2D eigenvalue weighted by Crippen LogP contribution is -2.29. The van der Waals surface area contributed by atoms with Gasteiger partial charge in [0, 0.05) is 11.0 Å². The maximum Gasteiger partial charge on any atom is 0.262 e. The lowest BCUT2D eigenvalue weighted by atomic mass is 10.1. The molecule has 1 heterocycles. The number of hydrogen-bond acceptors (Lipinski definition) is 4. The fourth-order valence-electron chi connectivity index (χ4n) is 2.78. The van der Waals surface area contributed by atoms with Gasteiger partial charge in [0.25, 0.3) is 5.56 Å². The molecule has 0 spiro atoms. The Labute approximate surface area is 170 Å². The van der Waals surface area contributed by atoms with E-state index >= 15 is 0 Å². The SMILES string of the molecule is CCn1c(SCC(=O)NC(C)c2ccc(Br)cc2)nc2ccccc2c1=O. The van der Waals surface area contributed by atoms with Gasteiger partial charge in [0.2, 0.25) is 5.91 Å². The molecular formula is C20H20BrN3O2S. The molecule has 3 rings (SSSR count). The standard InChI is InChI=1S/C20H20BrN3O2S/c1-3-24-19(26)16-6-4-5-7-17(16)23-20(24)27-12-18(25)22-13(2)14-8-10-15(21)11-9-14/h4-11,13H,3,12H2,1-2H3,(H,22,25). The van der Waals surface area contributed by atoms with Crippen molar-refractivity contribution in [3.8, 4) is 0 Å². The van der Waals surface area contributed by atoms with Crippen molar-refractivity contribution in [1.82, 2.24) is 14.9 Å². The van der Waals surface area contributed by atoms with Crippen LogP contribution in [0.25, 0.3) is 10.9 Å². The molecule has 0 saturated carbocycles. The molecule has 2 aromatic carbocycles. The van der Waals surface area contributed by atoms with Crippen LogP contribution in [-0.4, -0.2) is 21.2 Å². The van der Waals surface area contributed by atoms with E-state index in [1.54, 1.807) is 10.6 Å². The summed E-state index contributed by atoms with van der Waals surface area (Å²) in [6.07, 6.45) is 0. The fraction of sp³-hybridized carbons (Fsp3) is 0.250. The molecule has 0 radical (unpaired) electrons. The summed E-state index contributed by atoms with van der Waals surface area (Å²) in [6.45, 7) is 4.36. The number of amides is 1. The number of nitrogens with zero attached hydrogens (tertiary/aromatic N) is 2. The first-order valence-corrected chi connectivity index (χ1v) is 10.4. The van der Waals surface area contributed by atoms with E-state index in [9.17, 15) is 9.59 Å². The van der Waals surface area contributed by atoms with Crippen molar-refractivity contribution in [1.29, 1.82) is 0 Å². The molecule has 7 heteroatoms. The summed E-state index contributed by atoms with van der Waals surface area (Å²) in [4.78, 5) is 29.5. The third-order valence-corrected chi connectivity index (χ3v) is 5.73. The van der Waals surface area contributed by atoms with Crippen LogP contribution in [0.1, 0.15) is 25.5 Å². The van der Waals surface area contributed by atoms with E-state index in [1.807, 2.05) is 56.3 Å². The molecular weight excluding hydrogens is 426 g/mol. The van der Waals surface area contributed by atoms with E-state index in [0.717, 1.165) is 10.0 Å². The number of para-hydroxylation sites is 1. The van der Waals surface area contributed by atoms with Crippen LogP contribution in [-0.2, 0) is 11.3 Å². The smallest absolute Gasteiger partial charge is 0.262 e. The number of thioether (sulfide) groups is 1. The average Bonchev–Trinajstić information content (AvgIpc) is 2.67. The summed E-state index contributed by atoms with van der Waals surface area (Å²) in [5.41, 5.74) is 1.61. The minimum atomic E-state index is -0.0968. The Kier molecular flexibility index (Phi) is 6.34. The zero-order valence-corrected chi connectivity index (χ0v) is 17.5. The Morgan fingerprint density at radius 1 is 1.22 bits per heavy atom. The van der Waals surface area contributed by atoms with Crippen molar-refractivity contribution >= 4 is 44.5 Å². The normalized spacial score (nSPS) is 12.1. The molecule has 0 aliphatic carbocycles. The maximum atomic E-state index is 12.6. The summed E-state index contributed by atoms with van der Waals surface area (Å²) in [5.74, 6) is 0.103. The zero-order chi connectivity index (χ0) is 19.4. The maximum absolute atomic E-state index is 12.6. The van der Waals surface area contributed by atoms with Gasteiger partial charge in [0.15, 0.2) is 5.16 Å². The van der Waals surface area contributed by atoms with Crippen LogP contribution in [0.4, 0.5) is 0 Å². The van der Waals surface area contributed by atoms with Crippen LogP contribution >= 0.6 is 27.7 Å². The van der Waals surface area contributed by atoms with Crippen LogP contribution < -0.4 is 10.9 Å². The highest BCUT2D eigenvalue weighted by Crippen LogP contribution is 2.19. The molecule has 0 saturated heterocycles. The summed E-state index contributed by atoms with van der Waals surface area (Å²) in [7, 11) is 0. The molecule has 0 aliphatic rings. The number of carbonyl (C=O) groups is 1. The Balaban J connectivity index is 1.71. The van der Waals surface area contributed by atoms with Crippen molar-refractivity contribution in [2.45, 2.75) is 31.6 Å². The molecule has 1 unspecified atom stereocenters. The van der Waals surface area contributed by atoms with Crippen LogP contribution in [0.5, 0.6) is 0 Å². The zero-order valence-electron chi connectivity index (χ0n) is 15.1. The van der Waals surface area contributed by atoms with Crippen LogP contribution in [0.15, 0.2) is 63.0 Å². The first-order valence-electron chi connectivity index (χ1n) is 8.66. The minimum absolute atomic E-state index is 0.0748. The quantitative estimate of drug-likeness (QED) is 0.457. The number of aromatic nitrogens is 2. The number of hydrogen-bond donors (Lipinski definition) is 1. The van der Waals surface area contributed by atoms with E-state index < -0.39 is 0 Å². The van der Waals surface area contributed by atoms with Crippen LogP contribution in [0.2, 0.25) is 0 Å². The number of carbonyl (C=O) groups excluding carboxylic acids is 1. The summed E-state index contributed by atoms with van der Waals surface area (Å²) < 4.78 is 2.61. The molecule has 1 aromatic heterocycles. The lowest BCUT2D eigenvalue weighted by Gasteiger charge is -2.15. The van der Waals surface area contributed by atoms with E-state index in [0.29, 0.717) is 22.6 Å². The van der Waals surface area contributed by atoms with E-state index in [-0.39, 0.29) is 23.3 Å². The second-order valence-corrected chi connectivity index (χ2v) is 7.95. The first kappa shape index (κ1) is 19.6. The third-order valence-electron chi connectivity index (χ3n) is 4.22. The predicted molar refractivity (Wildman–Crippen MR) is 113 cm³/mol. The largest absolute Gasteiger partial charge is 0.349 e. The van der Waals surface area contributed by atoms with Gasteiger partial charge in [-0.2, -0.15) is 0 Å². The van der Waals surface area contributed by atoms with Crippen molar-refractivity contribution < 1.29 is 4.79 Å². The van der Waals surface area contributed by atoms with Crippen molar-refractivity contribution in [2.75, 3.05) is 5.75 Å². The van der Waals surface area contributed by atoms with Gasteiger partial charge in [-0.15, -0.1) is 0 Å². The van der Waals surface area contributed by atoms with Crippen molar-refractivity contribution in [2.24, 2.45) is 0 Å². The highest BCUT2D eigenvalue weighted by atomic mass is 79.9. The van der Waals surface area contributed by atoms with Gasteiger partial charge in [0.05, 0.1) is 22.7 Å².